The SMILES string of the molecule is CCc1ccc([C@H]2OC3(C(=O)c4ccccc4C3=O)[C@H]3C(=O)N(c4cccc(F)c4)C(=O)[C@@H]23)cc1. The molecule has 7 heteroatoms. The van der Waals surface area contributed by atoms with Crippen LogP contribution in [-0.2, 0) is 20.7 Å². The van der Waals surface area contributed by atoms with Crippen molar-refractivity contribution in [1.29, 1.82) is 0 Å². The molecule has 0 saturated carbocycles. The van der Waals surface area contributed by atoms with Gasteiger partial charge in [0.25, 0.3) is 0 Å². The smallest absolute Gasteiger partial charge is 0.241 e. The van der Waals surface area contributed by atoms with E-state index in [1.54, 1.807) is 24.3 Å². The molecule has 0 bridgehead atoms. The predicted molar refractivity (Wildman–Crippen MR) is 123 cm³/mol. The molecular weight excluding hydrogens is 449 g/mol. The molecule has 3 aromatic carbocycles. The highest BCUT2D eigenvalue weighted by Gasteiger charge is 2.74. The number of aryl methyl sites for hydroxylation is 1. The topological polar surface area (TPSA) is 80.8 Å². The molecule has 6 nitrogen and oxygen atoms in total. The van der Waals surface area contributed by atoms with E-state index < -0.39 is 52.7 Å². The van der Waals surface area contributed by atoms with Gasteiger partial charge in [0, 0.05) is 11.1 Å². The Hall–Kier alpha value is -3.97. The first-order valence-electron chi connectivity index (χ1n) is 11.5. The van der Waals surface area contributed by atoms with Crippen molar-refractivity contribution in [3.8, 4) is 0 Å². The van der Waals surface area contributed by atoms with Crippen molar-refractivity contribution >= 4 is 29.1 Å². The Labute approximate surface area is 200 Å². The number of hydrogen-bond acceptors (Lipinski definition) is 5. The number of amides is 2. The van der Waals surface area contributed by atoms with Gasteiger partial charge in [-0.1, -0.05) is 61.5 Å². The maximum Gasteiger partial charge on any atom is 0.241 e. The number of ketones is 2. The summed E-state index contributed by atoms with van der Waals surface area (Å²) in [5.41, 5.74) is -0.0935. The summed E-state index contributed by atoms with van der Waals surface area (Å²) in [6.07, 6.45) is -0.193. The van der Waals surface area contributed by atoms with Gasteiger partial charge in [0.1, 0.15) is 5.82 Å². The maximum absolute atomic E-state index is 14.0. The number of rotatable bonds is 3. The summed E-state index contributed by atoms with van der Waals surface area (Å²) in [6.45, 7) is 2.01. The van der Waals surface area contributed by atoms with Crippen molar-refractivity contribution in [1.82, 2.24) is 0 Å². The lowest BCUT2D eigenvalue weighted by molar-refractivity contribution is -0.127. The average molecular weight is 469 g/mol. The number of ether oxygens (including phenoxy) is 1. The Bertz CT molecular complexity index is 1390. The number of nitrogens with zero attached hydrogens (tertiary/aromatic N) is 1. The standard InChI is InChI=1S/C28H20FNO5/c1-2-15-10-12-16(13-11-15)23-21-22(27(34)30(26(21)33)18-7-5-6-17(29)14-18)28(35-23)24(31)19-8-3-4-9-20(19)25(28)32/h3-14,21-23H,2H2,1H3/t21-,22-,23-/m1/s1. The molecule has 2 saturated heterocycles. The summed E-state index contributed by atoms with van der Waals surface area (Å²) in [5.74, 6) is -5.69. The van der Waals surface area contributed by atoms with Crippen LogP contribution in [-0.4, -0.2) is 29.0 Å². The summed E-state index contributed by atoms with van der Waals surface area (Å²) >= 11 is 0. The minimum atomic E-state index is -2.14. The van der Waals surface area contributed by atoms with Crippen molar-refractivity contribution in [3.63, 3.8) is 0 Å². The van der Waals surface area contributed by atoms with Crippen LogP contribution in [0.3, 0.4) is 0 Å². The molecule has 3 aliphatic rings. The average Bonchev–Trinajstić information content (AvgIpc) is 3.44. The molecule has 2 heterocycles. The number of fused-ring (bicyclic) bond motifs is 3. The van der Waals surface area contributed by atoms with Crippen LogP contribution in [0, 0.1) is 17.7 Å². The quantitative estimate of drug-likeness (QED) is 0.427. The third kappa shape index (κ3) is 2.79. The zero-order valence-electron chi connectivity index (χ0n) is 18.7. The van der Waals surface area contributed by atoms with Gasteiger partial charge >= 0.3 is 0 Å². The molecule has 174 valence electrons. The lowest BCUT2D eigenvalue weighted by Gasteiger charge is -2.27. The number of carbonyl (C=O) groups excluding carboxylic acids is 4. The summed E-state index contributed by atoms with van der Waals surface area (Å²) in [6, 6.07) is 18.8. The van der Waals surface area contributed by atoms with Crippen LogP contribution in [0.25, 0.3) is 0 Å². The first-order chi connectivity index (χ1) is 16.9. The third-order valence-corrected chi connectivity index (χ3v) is 7.30. The minimum absolute atomic E-state index is 0.0556. The Balaban J connectivity index is 1.53. The molecule has 0 aromatic heterocycles. The monoisotopic (exact) mass is 469 g/mol. The van der Waals surface area contributed by atoms with Gasteiger partial charge in [-0.05, 0) is 35.7 Å². The molecule has 2 fully saturated rings. The van der Waals surface area contributed by atoms with Gasteiger partial charge in [-0.2, -0.15) is 0 Å². The fraction of sp³-hybridized carbons (Fsp3) is 0.214. The van der Waals surface area contributed by atoms with Crippen LogP contribution in [0.15, 0.2) is 72.8 Å². The van der Waals surface area contributed by atoms with E-state index >= 15 is 0 Å². The molecule has 3 aromatic rings. The molecule has 0 unspecified atom stereocenters. The minimum Gasteiger partial charge on any atom is -0.349 e. The first-order valence-corrected chi connectivity index (χ1v) is 11.5. The lowest BCUT2D eigenvalue weighted by Crippen LogP contribution is -2.51. The Morgan fingerprint density at radius 1 is 0.857 bits per heavy atom. The van der Waals surface area contributed by atoms with Gasteiger partial charge in [-0.3, -0.25) is 19.2 Å². The fourth-order valence-corrected chi connectivity index (χ4v) is 5.63. The molecule has 2 aliphatic heterocycles. The molecule has 0 N–H and O–H groups in total. The second kappa shape index (κ2) is 7.52. The van der Waals surface area contributed by atoms with Crippen molar-refractivity contribution in [3.05, 3.63) is 101 Å². The van der Waals surface area contributed by atoms with Crippen LogP contribution in [0.2, 0.25) is 0 Å². The number of anilines is 1. The second-order valence-corrected chi connectivity index (χ2v) is 9.07. The second-order valence-electron chi connectivity index (χ2n) is 9.07. The van der Waals surface area contributed by atoms with Gasteiger partial charge < -0.3 is 4.74 Å². The zero-order valence-corrected chi connectivity index (χ0v) is 18.7. The molecule has 35 heavy (non-hydrogen) atoms. The van der Waals surface area contributed by atoms with Gasteiger partial charge in [0.2, 0.25) is 29.0 Å². The lowest BCUT2D eigenvalue weighted by atomic mass is 9.77. The number of Topliss-reactive ketones (excluding diaryl/α,β-unsaturated/α-hetero) is 2. The van der Waals surface area contributed by atoms with Crippen molar-refractivity contribution in [2.24, 2.45) is 11.8 Å². The number of imide groups is 1. The van der Waals surface area contributed by atoms with E-state index in [4.69, 9.17) is 4.74 Å². The molecule has 2 amide bonds. The summed E-state index contributed by atoms with van der Waals surface area (Å²) in [4.78, 5) is 55.8. The number of carbonyl (C=O) groups is 4. The van der Waals surface area contributed by atoms with E-state index in [1.807, 2.05) is 19.1 Å². The Morgan fingerprint density at radius 3 is 2.11 bits per heavy atom. The van der Waals surface area contributed by atoms with Gasteiger partial charge in [-0.15, -0.1) is 0 Å². The molecule has 6 rings (SSSR count). The zero-order chi connectivity index (χ0) is 24.5. The van der Waals surface area contributed by atoms with Crippen LogP contribution < -0.4 is 4.90 Å². The van der Waals surface area contributed by atoms with E-state index in [9.17, 15) is 23.6 Å². The molecular formula is C28H20FNO5. The number of halogens is 1. The van der Waals surface area contributed by atoms with Crippen LogP contribution in [0.1, 0.15) is 44.9 Å². The fourth-order valence-electron chi connectivity index (χ4n) is 5.63. The van der Waals surface area contributed by atoms with E-state index in [0.29, 0.717) is 5.56 Å². The van der Waals surface area contributed by atoms with Crippen molar-refractivity contribution in [2.75, 3.05) is 4.90 Å². The van der Waals surface area contributed by atoms with E-state index in [0.717, 1.165) is 23.0 Å². The highest BCUT2D eigenvalue weighted by molar-refractivity contribution is 6.37. The van der Waals surface area contributed by atoms with E-state index in [1.165, 1.54) is 30.3 Å². The van der Waals surface area contributed by atoms with Crippen molar-refractivity contribution < 1.29 is 28.3 Å². The molecule has 1 aliphatic carbocycles. The molecule has 1 spiro atoms. The van der Waals surface area contributed by atoms with E-state index in [2.05, 4.69) is 0 Å². The van der Waals surface area contributed by atoms with E-state index in [-0.39, 0.29) is 16.8 Å². The normalized spacial score (nSPS) is 24.4. The van der Waals surface area contributed by atoms with Crippen LogP contribution >= 0.6 is 0 Å². The van der Waals surface area contributed by atoms with Gasteiger partial charge in [0.15, 0.2) is 0 Å². The third-order valence-electron chi connectivity index (χ3n) is 7.30. The first kappa shape index (κ1) is 21.6. The molecule has 0 radical (unpaired) electrons. The van der Waals surface area contributed by atoms with Crippen molar-refractivity contribution in [2.45, 2.75) is 25.0 Å². The Kier molecular flexibility index (Phi) is 4.63. The van der Waals surface area contributed by atoms with Crippen LogP contribution in [0.5, 0.6) is 0 Å². The van der Waals surface area contributed by atoms with Crippen LogP contribution in [0.4, 0.5) is 10.1 Å². The predicted octanol–water partition coefficient (Wildman–Crippen LogP) is 4.08. The Morgan fingerprint density at radius 2 is 1.51 bits per heavy atom. The summed E-state index contributed by atoms with van der Waals surface area (Å²) < 4.78 is 20.2. The highest BCUT2D eigenvalue weighted by atomic mass is 19.1. The molecule has 3 atom stereocenters. The van der Waals surface area contributed by atoms with Gasteiger partial charge in [0.05, 0.1) is 23.6 Å². The largest absolute Gasteiger partial charge is 0.349 e. The summed E-state index contributed by atoms with van der Waals surface area (Å²) in [5, 5.41) is 0. The van der Waals surface area contributed by atoms with Gasteiger partial charge in [-0.25, -0.2) is 9.29 Å². The maximum atomic E-state index is 14.0. The summed E-state index contributed by atoms with van der Waals surface area (Å²) in [7, 11) is 0. The highest BCUT2D eigenvalue weighted by Crippen LogP contribution is 2.57. The number of benzene rings is 3. The number of hydrogen-bond donors (Lipinski definition) is 0.